The van der Waals surface area contributed by atoms with Gasteiger partial charge in [0.15, 0.2) is 0 Å². The van der Waals surface area contributed by atoms with Crippen LogP contribution in [0.2, 0.25) is 0 Å². The van der Waals surface area contributed by atoms with Crippen LogP contribution in [0.25, 0.3) is 44.5 Å². The maximum atomic E-state index is 14.4. The van der Waals surface area contributed by atoms with Crippen LogP contribution in [0, 0.1) is 0 Å². The van der Waals surface area contributed by atoms with E-state index in [4.69, 9.17) is 0 Å². The van der Waals surface area contributed by atoms with Crippen molar-refractivity contribution in [3.8, 4) is 44.5 Å². The first-order chi connectivity index (χ1) is 19.1. The lowest BCUT2D eigenvalue weighted by Crippen LogP contribution is -2.04. The fourth-order valence-corrected chi connectivity index (χ4v) is 6.23. The van der Waals surface area contributed by atoms with Gasteiger partial charge >= 0.3 is 0 Å². The van der Waals surface area contributed by atoms with Crippen molar-refractivity contribution < 1.29 is 8.42 Å². The molecular weight excluding hydrogens is 496 g/mol. The van der Waals surface area contributed by atoms with Gasteiger partial charge in [-0.25, -0.2) is 8.42 Å². The van der Waals surface area contributed by atoms with Crippen LogP contribution in [-0.4, -0.2) is 8.42 Å². The molecule has 0 saturated heterocycles. The molecule has 0 aliphatic heterocycles. The first kappa shape index (κ1) is 24.6. The van der Waals surface area contributed by atoms with E-state index < -0.39 is 9.84 Å². The van der Waals surface area contributed by atoms with Gasteiger partial charge in [-0.05, 0) is 80.9 Å². The highest BCUT2D eigenvalue weighted by atomic mass is 32.2. The van der Waals surface area contributed by atoms with E-state index in [1.807, 2.05) is 121 Å². The zero-order valence-electron chi connectivity index (χ0n) is 21.2. The summed E-state index contributed by atoms with van der Waals surface area (Å²) < 4.78 is 28.7. The Morgan fingerprint density at radius 1 is 0.282 bits per heavy atom. The summed E-state index contributed by atoms with van der Waals surface area (Å²) in [4.78, 5) is 0.541. The molecule has 0 spiro atoms. The molecular formula is C36H26O2S. The van der Waals surface area contributed by atoms with Crippen molar-refractivity contribution in [1.82, 2.24) is 0 Å². The van der Waals surface area contributed by atoms with Crippen molar-refractivity contribution in [1.29, 1.82) is 0 Å². The molecule has 0 N–H and O–H groups in total. The average molecular weight is 523 g/mol. The topological polar surface area (TPSA) is 34.1 Å². The molecule has 3 heteroatoms. The number of hydrogen-bond donors (Lipinski definition) is 0. The zero-order chi connectivity index (χ0) is 26.7. The van der Waals surface area contributed by atoms with Crippen LogP contribution in [0.5, 0.6) is 0 Å². The third-order valence-electron chi connectivity index (χ3n) is 6.86. The van der Waals surface area contributed by atoms with E-state index in [9.17, 15) is 8.42 Å². The van der Waals surface area contributed by atoms with Gasteiger partial charge in [0, 0.05) is 0 Å². The van der Waals surface area contributed by atoms with Gasteiger partial charge in [-0.2, -0.15) is 0 Å². The molecule has 6 rings (SSSR count). The molecule has 0 heterocycles. The predicted molar refractivity (Wildman–Crippen MR) is 160 cm³/mol. The Bertz CT molecular complexity index is 1580. The number of hydrogen-bond acceptors (Lipinski definition) is 2. The minimum atomic E-state index is -3.86. The van der Waals surface area contributed by atoms with Gasteiger partial charge in [0.1, 0.15) is 0 Å². The molecule has 188 valence electrons. The molecule has 0 fully saturated rings. The SMILES string of the molecule is O=S(=O)(c1cc(-c2ccccc2)cc(-c2ccccc2)c1)c1cc(-c2ccccc2)cc(-c2ccccc2)c1. The number of rotatable bonds is 6. The van der Waals surface area contributed by atoms with E-state index in [1.165, 1.54) is 0 Å². The molecule has 0 aromatic heterocycles. The third-order valence-corrected chi connectivity index (χ3v) is 8.57. The Labute approximate surface area is 229 Å². The molecule has 0 saturated carbocycles. The van der Waals surface area contributed by atoms with E-state index in [0.29, 0.717) is 0 Å². The molecule has 0 aliphatic carbocycles. The van der Waals surface area contributed by atoms with Crippen molar-refractivity contribution in [2.45, 2.75) is 9.79 Å². The molecule has 2 nitrogen and oxygen atoms in total. The first-order valence-electron chi connectivity index (χ1n) is 12.8. The fourth-order valence-electron chi connectivity index (χ4n) is 4.83. The summed E-state index contributed by atoms with van der Waals surface area (Å²) in [5.41, 5.74) is 7.31. The number of sulfone groups is 1. The van der Waals surface area contributed by atoms with E-state index in [2.05, 4.69) is 12.1 Å². The van der Waals surface area contributed by atoms with Crippen LogP contribution in [0.3, 0.4) is 0 Å². The molecule has 6 aromatic carbocycles. The molecule has 0 atom stereocenters. The van der Waals surface area contributed by atoms with Gasteiger partial charge in [-0.15, -0.1) is 0 Å². The van der Waals surface area contributed by atoms with Crippen molar-refractivity contribution in [3.63, 3.8) is 0 Å². The standard InChI is InChI=1S/C36H26O2S/c37-39(38,35-23-31(27-13-5-1-6-14-27)21-32(24-35)28-15-7-2-8-16-28)36-25-33(29-17-9-3-10-18-29)22-34(26-36)30-19-11-4-12-20-30/h1-26H. The van der Waals surface area contributed by atoms with Gasteiger partial charge < -0.3 is 0 Å². The molecule has 6 aromatic rings. The highest BCUT2D eigenvalue weighted by molar-refractivity contribution is 7.91. The summed E-state index contributed by atoms with van der Waals surface area (Å²) in [5, 5.41) is 0. The second-order valence-corrected chi connectivity index (χ2v) is 11.4. The molecule has 0 radical (unpaired) electrons. The lowest BCUT2D eigenvalue weighted by Gasteiger charge is -2.14. The summed E-state index contributed by atoms with van der Waals surface area (Å²) in [6.45, 7) is 0. The van der Waals surface area contributed by atoms with E-state index in [1.54, 1.807) is 24.3 Å². The highest BCUT2D eigenvalue weighted by Crippen LogP contribution is 2.36. The van der Waals surface area contributed by atoms with Crippen molar-refractivity contribution in [2.24, 2.45) is 0 Å². The monoisotopic (exact) mass is 522 g/mol. The minimum Gasteiger partial charge on any atom is -0.219 e. The van der Waals surface area contributed by atoms with Gasteiger partial charge in [0.05, 0.1) is 9.79 Å². The molecule has 0 amide bonds. The van der Waals surface area contributed by atoms with Crippen LogP contribution in [0.1, 0.15) is 0 Å². The number of benzene rings is 6. The minimum absolute atomic E-state index is 0.270. The molecule has 39 heavy (non-hydrogen) atoms. The quantitative estimate of drug-likeness (QED) is 0.218. The van der Waals surface area contributed by atoms with E-state index in [-0.39, 0.29) is 9.79 Å². The van der Waals surface area contributed by atoms with Gasteiger partial charge in [0.25, 0.3) is 0 Å². The van der Waals surface area contributed by atoms with Gasteiger partial charge in [-0.1, -0.05) is 121 Å². The van der Waals surface area contributed by atoms with Crippen molar-refractivity contribution in [3.05, 3.63) is 158 Å². The average Bonchev–Trinajstić information content (AvgIpc) is 3.02. The van der Waals surface area contributed by atoms with Crippen LogP contribution < -0.4 is 0 Å². The van der Waals surface area contributed by atoms with Crippen molar-refractivity contribution >= 4 is 9.84 Å². The second-order valence-electron chi connectivity index (χ2n) is 9.46. The molecule has 0 unspecified atom stereocenters. The largest absolute Gasteiger partial charge is 0.219 e. The van der Waals surface area contributed by atoms with E-state index in [0.717, 1.165) is 44.5 Å². The molecule has 0 bridgehead atoms. The Morgan fingerprint density at radius 2 is 0.513 bits per heavy atom. The Hall–Kier alpha value is -4.73. The maximum Gasteiger partial charge on any atom is 0.206 e. The van der Waals surface area contributed by atoms with Crippen LogP contribution in [0.15, 0.2) is 168 Å². The molecule has 0 aliphatic rings. The summed E-state index contributed by atoms with van der Waals surface area (Å²) in [5.74, 6) is 0. The normalized spacial score (nSPS) is 11.3. The lowest BCUT2D eigenvalue weighted by molar-refractivity contribution is 0.596. The summed E-state index contributed by atoms with van der Waals surface area (Å²) in [6.07, 6.45) is 0. The Kier molecular flexibility index (Phi) is 6.66. The van der Waals surface area contributed by atoms with Crippen LogP contribution >= 0.6 is 0 Å². The smallest absolute Gasteiger partial charge is 0.206 e. The first-order valence-corrected chi connectivity index (χ1v) is 14.3. The Balaban J connectivity index is 1.57. The third kappa shape index (κ3) is 5.18. The van der Waals surface area contributed by atoms with Crippen molar-refractivity contribution in [2.75, 3.05) is 0 Å². The summed E-state index contributed by atoms with van der Waals surface area (Å²) >= 11 is 0. The van der Waals surface area contributed by atoms with Gasteiger partial charge in [-0.3, -0.25) is 0 Å². The summed E-state index contributed by atoms with van der Waals surface area (Å²) in [6, 6.07) is 50.9. The zero-order valence-corrected chi connectivity index (χ0v) is 22.1. The maximum absolute atomic E-state index is 14.4. The van der Waals surface area contributed by atoms with Gasteiger partial charge in [0.2, 0.25) is 9.84 Å². The summed E-state index contributed by atoms with van der Waals surface area (Å²) in [7, 11) is -3.86. The lowest BCUT2D eigenvalue weighted by atomic mass is 9.99. The van der Waals surface area contributed by atoms with Crippen LogP contribution in [-0.2, 0) is 9.84 Å². The highest BCUT2D eigenvalue weighted by Gasteiger charge is 2.22. The van der Waals surface area contributed by atoms with Crippen LogP contribution in [0.4, 0.5) is 0 Å². The fraction of sp³-hybridized carbons (Fsp3) is 0. The predicted octanol–water partition coefficient (Wildman–Crippen LogP) is 9.19. The Morgan fingerprint density at radius 3 is 0.744 bits per heavy atom. The van der Waals surface area contributed by atoms with E-state index >= 15 is 0 Å². The second kappa shape index (κ2) is 10.6.